The van der Waals surface area contributed by atoms with Gasteiger partial charge < -0.3 is 4.90 Å². The predicted octanol–water partition coefficient (Wildman–Crippen LogP) is 1.98. The first-order chi connectivity index (χ1) is 5.24. The molecular weight excluding hydrogens is 134 g/mol. The van der Waals surface area contributed by atoms with Crippen LogP contribution in [0, 0.1) is 17.8 Å². The fraction of sp³-hybridized carbons (Fsp3) is 1.00. The number of hydrogen-bond acceptors (Lipinski definition) is 1. The maximum atomic E-state index is 2.66. The minimum atomic E-state index is 0.959. The van der Waals surface area contributed by atoms with E-state index in [4.69, 9.17) is 0 Å². The third-order valence-electron chi connectivity index (χ3n) is 3.13. The van der Waals surface area contributed by atoms with Gasteiger partial charge in [-0.05, 0) is 30.6 Å². The fourth-order valence-electron chi connectivity index (χ4n) is 3.00. The van der Waals surface area contributed by atoms with E-state index in [2.05, 4.69) is 18.7 Å². The van der Waals surface area contributed by atoms with Crippen LogP contribution in [-0.4, -0.2) is 24.5 Å². The summed E-state index contributed by atoms with van der Waals surface area (Å²) in [5.41, 5.74) is 0. The first kappa shape index (κ1) is 7.60. The summed E-state index contributed by atoms with van der Waals surface area (Å²) in [6, 6.07) is 0. The van der Waals surface area contributed by atoms with Gasteiger partial charge in [-0.3, -0.25) is 0 Å². The molecule has 64 valence electrons. The SMILES string of the molecule is CC1CC2CC(C)CN(C1)C2. The van der Waals surface area contributed by atoms with E-state index in [0.717, 1.165) is 17.8 Å². The summed E-state index contributed by atoms with van der Waals surface area (Å²) in [6.45, 7) is 8.92. The van der Waals surface area contributed by atoms with E-state index in [1.807, 2.05) is 0 Å². The topological polar surface area (TPSA) is 3.24 Å². The molecule has 11 heavy (non-hydrogen) atoms. The lowest BCUT2D eigenvalue weighted by atomic mass is 9.80. The van der Waals surface area contributed by atoms with E-state index < -0.39 is 0 Å². The molecule has 2 fully saturated rings. The predicted molar refractivity (Wildman–Crippen MR) is 47.5 cm³/mol. The molecule has 2 heterocycles. The van der Waals surface area contributed by atoms with Crippen molar-refractivity contribution in [2.45, 2.75) is 26.7 Å². The molecule has 0 aromatic rings. The summed E-state index contributed by atoms with van der Waals surface area (Å²) in [7, 11) is 0. The average molecular weight is 153 g/mol. The third kappa shape index (κ3) is 1.58. The minimum absolute atomic E-state index is 0.959. The molecule has 0 saturated carbocycles. The highest BCUT2D eigenvalue weighted by atomic mass is 15.1. The number of fused-ring (bicyclic) bond motifs is 2. The second kappa shape index (κ2) is 2.78. The summed E-state index contributed by atoms with van der Waals surface area (Å²) in [4.78, 5) is 2.66. The molecule has 2 saturated heterocycles. The van der Waals surface area contributed by atoms with Crippen molar-refractivity contribution in [2.75, 3.05) is 19.6 Å². The van der Waals surface area contributed by atoms with E-state index in [1.54, 1.807) is 0 Å². The van der Waals surface area contributed by atoms with Crippen LogP contribution in [0.5, 0.6) is 0 Å². The van der Waals surface area contributed by atoms with E-state index in [1.165, 1.54) is 32.5 Å². The van der Waals surface area contributed by atoms with Crippen molar-refractivity contribution in [3.05, 3.63) is 0 Å². The molecule has 2 atom stereocenters. The van der Waals surface area contributed by atoms with Gasteiger partial charge in [0.05, 0.1) is 0 Å². The monoisotopic (exact) mass is 153 g/mol. The lowest BCUT2D eigenvalue weighted by molar-refractivity contribution is 0.0596. The Labute approximate surface area is 69.8 Å². The largest absolute Gasteiger partial charge is 0.303 e. The first-order valence-corrected chi connectivity index (χ1v) is 4.96. The van der Waals surface area contributed by atoms with Crippen LogP contribution in [-0.2, 0) is 0 Å². The molecule has 0 N–H and O–H groups in total. The van der Waals surface area contributed by atoms with Gasteiger partial charge in [-0.1, -0.05) is 13.8 Å². The Bertz CT molecular complexity index is 110. The van der Waals surface area contributed by atoms with Gasteiger partial charge in [0.1, 0.15) is 0 Å². The van der Waals surface area contributed by atoms with Gasteiger partial charge in [0, 0.05) is 19.6 Å². The average Bonchev–Trinajstić information content (AvgIpc) is 1.82. The van der Waals surface area contributed by atoms with Gasteiger partial charge in [-0.25, -0.2) is 0 Å². The van der Waals surface area contributed by atoms with E-state index in [-0.39, 0.29) is 0 Å². The highest BCUT2D eigenvalue weighted by Gasteiger charge is 2.30. The molecule has 0 spiro atoms. The summed E-state index contributed by atoms with van der Waals surface area (Å²) in [5.74, 6) is 2.95. The van der Waals surface area contributed by atoms with Gasteiger partial charge in [0.25, 0.3) is 0 Å². The zero-order chi connectivity index (χ0) is 7.84. The van der Waals surface area contributed by atoms with Crippen molar-refractivity contribution in [2.24, 2.45) is 17.8 Å². The Morgan fingerprint density at radius 1 is 0.909 bits per heavy atom. The van der Waals surface area contributed by atoms with Gasteiger partial charge in [-0.2, -0.15) is 0 Å². The van der Waals surface area contributed by atoms with Crippen LogP contribution in [0.15, 0.2) is 0 Å². The molecule has 0 radical (unpaired) electrons. The van der Waals surface area contributed by atoms with Crippen LogP contribution in [0.2, 0.25) is 0 Å². The quantitative estimate of drug-likeness (QED) is 0.514. The van der Waals surface area contributed by atoms with Crippen LogP contribution >= 0.6 is 0 Å². The maximum absolute atomic E-state index is 2.66. The van der Waals surface area contributed by atoms with Crippen molar-refractivity contribution in [3.8, 4) is 0 Å². The Morgan fingerprint density at radius 3 is 1.91 bits per heavy atom. The van der Waals surface area contributed by atoms with E-state index >= 15 is 0 Å². The number of hydrogen-bond donors (Lipinski definition) is 0. The van der Waals surface area contributed by atoms with Crippen LogP contribution in [0.25, 0.3) is 0 Å². The summed E-state index contributed by atoms with van der Waals surface area (Å²) in [5, 5.41) is 0. The highest BCUT2D eigenvalue weighted by Crippen LogP contribution is 2.31. The minimum Gasteiger partial charge on any atom is -0.303 e. The summed E-state index contributed by atoms with van der Waals surface area (Å²) < 4.78 is 0. The van der Waals surface area contributed by atoms with Crippen molar-refractivity contribution >= 4 is 0 Å². The second-order valence-corrected chi connectivity index (χ2v) is 4.77. The zero-order valence-electron chi connectivity index (χ0n) is 7.71. The molecule has 0 aliphatic carbocycles. The number of nitrogens with zero attached hydrogens (tertiary/aromatic N) is 1. The molecular formula is C10H19N. The summed E-state index contributed by atoms with van der Waals surface area (Å²) in [6.07, 6.45) is 2.97. The first-order valence-electron chi connectivity index (χ1n) is 4.96. The fourth-order valence-corrected chi connectivity index (χ4v) is 3.00. The Kier molecular flexibility index (Phi) is 1.92. The molecule has 2 rings (SSSR count). The standard InChI is InChI=1S/C10H19N/c1-8-3-10-4-9(2)6-11(5-8)7-10/h8-10H,3-7H2,1-2H3. The molecule has 0 aromatic heterocycles. The normalized spacial score (nSPS) is 50.7. The maximum Gasteiger partial charge on any atom is 0.00101 e. The molecule has 0 amide bonds. The van der Waals surface area contributed by atoms with Crippen LogP contribution < -0.4 is 0 Å². The Hall–Kier alpha value is -0.0400. The Morgan fingerprint density at radius 2 is 1.45 bits per heavy atom. The molecule has 1 heteroatoms. The van der Waals surface area contributed by atoms with Crippen molar-refractivity contribution in [1.82, 2.24) is 4.90 Å². The van der Waals surface area contributed by atoms with Crippen molar-refractivity contribution in [3.63, 3.8) is 0 Å². The molecule has 2 aliphatic heterocycles. The zero-order valence-corrected chi connectivity index (χ0v) is 7.71. The van der Waals surface area contributed by atoms with E-state index in [9.17, 15) is 0 Å². The van der Waals surface area contributed by atoms with E-state index in [0.29, 0.717) is 0 Å². The van der Waals surface area contributed by atoms with Gasteiger partial charge >= 0.3 is 0 Å². The highest BCUT2D eigenvalue weighted by molar-refractivity contribution is 4.83. The molecule has 2 aliphatic rings. The van der Waals surface area contributed by atoms with Crippen LogP contribution in [0.3, 0.4) is 0 Å². The smallest absolute Gasteiger partial charge is 0.00101 e. The van der Waals surface area contributed by atoms with Crippen LogP contribution in [0.1, 0.15) is 26.7 Å². The molecule has 1 nitrogen and oxygen atoms in total. The Balaban J connectivity index is 2.00. The molecule has 2 unspecified atom stereocenters. The lowest BCUT2D eigenvalue weighted by Crippen LogP contribution is -2.46. The van der Waals surface area contributed by atoms with Gasteiger partial charge in [0.15, 0.2) is 0 Å². The van der Waals surface area contributed by atoms with Gasteiger partial charge in [-0.15, -0.1) is 0 Å². The van der Waals surface area contributed by atoms with Crippen LogP contribution in [0.4, 0.5) is 0 Å². The number of rotatable bonds is 0. The molecule has 2 bridgehead atoms. The van der Waals surface area contributed by atoms with Crippen molar-refractivity contribution < 1.29 is 0 Å². The number of piperidine rings is 2. The van der Waals surface area contributed by atoms with Gasteiger partial charge in [0.2, 0.25) is 0 Å². The lowest BCUT2D eigenvalue weighted by Gasteiger charge is -2.43. The summed E-state index contributed by atoms with van der Waals surface area (Å²) >= 11 is 0. The third-order valence-corrected chi connectivity index (χ3v) is 3.13. The molecule has 0 aromatic carbocycles. The second-order valence-electron chi connectivity index (χ2n) is 4.77. The van der Waals surface area contributed by atoms with Crippen molar-refractivity contribution in [1.29, 1.82) is 0 Å².